The van der Waals surface area contributed by atoms with E-state index >= 15 is 0 Å². The zero-order valence-corrected chi connectivity index (χ0v) is 15.3. The first-order chi connectivity index (χ1) is 13.8. The molecule has 0 saturated heterocycles. The van der Waals surface area contributed by atoms with Gasteiger partial charge in [0.1, 0.15) is 5.75 Å². The lowest BCUT2D eigenvalue weighted by Gasteiger charge is -2.16. The fraction of sp³-hybridized carbons (Fsp3) is 0.0370. The van der Waals surface area contributed by atoms with Gasteiger partial charge in [-0.3, -0.25) is 0 Å². The molecule has 28 heavy (non-hydrogen) atoms. The summed E-state index contributed by atoms with van der Waals surface area (Å²) in [6.45, 7) is 0. The van der Waals surface area contributed by atoms with Crippen LogP contribution in [0, 0.1) is 0 Å². The average molecular weight is 358 g/mol. The molecule has 0 spiro atoms. The molecule has 1 heteroatoms. The smallest absolute Gasteiger partial charge is 0.115 e. The number of fused-ring (bicyclic) bond motifs is 8. The Morgan fingerprint density at radius 3 is 2.11 bits per heavy atom. The molecule has 0 amide bonds. The second-order valence-corrected chi connectivity index (χ2v) is 7.51. The molecular weight excluding hydrogens is 340 g/mol. The Bertz CT molecular complexity index is 1380. The van der Waals surface area contributed by atoms with Crippen molar-refractivity contribution in [2.75, 3.05) is 0 Å². The minimum Gasteiger partial charge on any atom is -0.508 e. The van der Waals surface area contributed by atoms with Gasteiger partial charge in [0.05, 0.1) is 0 Å². The first kappa shape index (κ1) is 15.5. The van der Waals surface area contributed by atoms with Crippen LogP contribution < -0.4 is 0 Å². The lowest BCUT2D eigenvalue weighted by atomic mass is 9.87. The van der Waals surface area contributed by atoms with Gasteiger partial charge < -0.3 is 5.11 Å². The Hall–Kier alpha value is -3.58. The molecule has 132 valence electrons. The third kappa shape index (κ3) is 2.07. The van der Waals surface area contributed by atoms with Crippen molar-refractivity contribution in [3.05, 3.63) is 102 Å². The summed E-state index contributed by atoms with van der Waals surface area (Å²) in [5.41, 5.74) is 7.92. The molecule has 5 aromatic rings. The maximum Gasteiger partial charge on any atom is 0.115 e. The summed E-state index contributed by atoms with van der Waals surface area (Å²) in [6, 6.07) is 31.7. The predicted octanol–water partition coefficient (Wildman–Crippen LogP) is 6.94. The van der Waals surface area contributed by atoms with Crippen molar-refractivity contribution in [1.82, 2.24) is 0 Å². The zero-order valence-electron chi connectivity index (χ0n) is 15.3. The Labute approximate surface area is 163 Å². The van der Waals surface area contributed by atoms with Crippen LogP contribution in [0.4, 0.5) is 0 Å². The molecule has 0 bridgehead atoms. The minimum absolute atomic E-state index is 0.298. The molecule has 1 N–H and O–H groups in total. The molecule has 0 atom stereocenters. The molecule has 1 aliphatic rings. The summed E-state index contributed by atoms with van der Waals surface area (Å²) in [4.78, 5) is 0. The normalized spacial score (nSPS) is 12.3. The van der Waals surface area contributed by atoms with E-state index in [4.69, 9.17) is 0 Å². The van der Waals surface area contributed by atoms with Crippen LogP contribution in [0.1, 0.15) is 11.1 Å². The molecule has 5 aromatic carbocycles. The maximum atomic E-state index is 9.73. The van der Waals surface area contributed by atoms with Gasteiger partial charge in [-0.05, 0) is 73.5 Å². The summed E-state index contributed by atoms with van der Waals surface area (Å²) in [5.74, 6) is 0.298. The van der Waals surface area contributed by atoms with Crippen LogP contribution in [0.5, 0.6) is 5.75 Å². The van der Waals surface area contributed by atoms with Gasteiger partial charge in [-0.2, -0.15) is 0 Å². The van der Waals surface area contributed by atoms with E-state index in [0.717, 1.165) is 12.0 Å². The zero-order chi connectivity index (χ0) is 18.7. The van der Waals surface area contributed by atoms with Gasteiger partial charge in [0.2, 0.25) is 0 Å². The molecule has 0 aromatic heterocycles. The monoisotopic (exact) mass is 358 g/mol. The number of benzene rings is 5. The van der Waals surface area contributed by atoms with Crippen LogP contribution in [0.15, 0.2) is 91.0 Å². The fourth-order valence-electron chi connectivity index (χ4n) is 4.80. The van der Waals surface area contributed by atoms with Crippen LogP contribution in [0.3, 0.4) is 0 Å². The van der Waals surface area contributed by atoms with Crippen LogP contribution in [0.25, 0.3) is 43.8 Å². The van der Waals surface area contributed by atoms with Crippen molar-refractivity contribution in [2.24, 2.45) is 0 Å². The van der Waals surface area contributed by atoms with Crippen LogP contribution in [0.2, 0.25) is 0 Å². The van der Waals surface area contributed by atoms with E-state index in [2.05, 4.69) is 66.7 Å². The van der Waals surface area contributed by atoms with Crippen molar-refractivity contribution < 1.29 is 5.11 Å². The highest BCUT2D eigenvalue weighted by atomic mass is 16.3. The van der Waals surface area contributed by atoms with Crippen molar-refractivity contribution in [3.8, 4) is 28.0 Å². The Balaban J connectivity index is 1.81. The summed E-state index contributed by atoms with van der Waals surface area (Å²) < 4.78 is 0. The average Bonchev–Trinajstić information content (AvgIpc) is 3.14. The topological polar surface area (TPSA) is 20.2 Å². The highest BCUT2D eigenvalue weighted by Gasteiger charge is 2.25. The number of phenols is 1. The van der Waals surface area contributed by atoms with Gasteiger partial charge >= 0.3 is 0 Å². The van der Waals surface area contributed by atoms with Crippen molar-refractivity contribution in [3.63, 3.8) is 0 Å². The summed E-state index contributed by atoms with van der Waals surface area (Å²) in [6.07, 6.45) is 0.960. The maximum absolute atomic E-state index is 9.73. The standard InChI is InChI=1S/C27H18O/c28-19-14-12-17(13-15-19)20-10-5-11-24-22-8-3-4-9-23(22)27-21-7-2-1-6-18(21)16-25(27)26(20)24/h1-15,28H,16H2. The SMILES string of the molecule is Oc1ccc(-c2cccc3c2c2c(c4ccccc43)-c3ccccc3C2)cc1. The van der Waals surface area contributed by atoms with E-state index in [9.17, 15) is 5.11 Å². The van der Waals surface area contributed by atoms with Crippen molar-refractivity contribution in [2.45, 2.75) is 6.42 Å². The third-order valence-corrected chi connectivity index (χ3v) is 5.99. The third-order valence-electron chi connectivity index (χ3n) is 5.99. The second kappa shape index (κ2) is 5.71. The van der Waals surface area contributed by atoms with Gasteiger partial charge in [0.25, 0.3) is 0 Å². The van der Waals surface area contributed by atoms with Crippen LogP contribution in [-0.2, 0) is 6.42 Å². The van der Waals surface area contributed by atoms with Crippen molar-refractivity contribution in [1.29, 1.82) is 0 Å². The predicted molar refractivity (Wildman–Crippen MR) is 117 cm³/mol. The van der Waals surface area contributed by atoms with E-state index in [-0.39, 0.29) is 0 Å². The van der Waals surface area contributed by atoms with Gasteiger partial charge in [-0.25, -0.2) is 0 Å². The first-order valence-electron chi connectivity index (χ1n) is 9.65. The van der Waals surface area contributed by atoms with Gasteiger partial charge in [0, 0.05) is 0 Å². The quantitative estimate of drug-likeness (QED) is 0.316. The summed E-state index contributed by atoms with van der Waals surface area (Å²) >= 11 is 0. The number of hydrogen-bond donors (Lipinski definition) is 1. The lowest BCUT2D eigenvalue weighted by Crippen LogP contribution is -1.91. The van der Waals surface area contributed by atoms with E-state index in [1.165, 1.54) is 49.4 Å². The van der Waals surface area contributed by atoms with Crippen molar-refractivity contribution >= 4 is 21.5 Å². The van der Waals surface area contributed by atoms with Gasteiger partial charge in [-0.1, -0.05) is 78.9 Å². The molecule has 6 rings (SSSR count). The van der Waals surface area contributed by atoms with E-state index in [0.29, 0.717) is 5.75 Å². The molecule has 0 unspecified atom stereocenters. The molecular formula is C27H18O. The van der Waals surface area contributed by atoms with Gasteiger partial charge in [-0.15, -0.1) is 0 Å². The molecule has 0 saturated carbocycles. The Morgan fingerprint density at radius 2 is 1.25 bits per heavy atom. The molecule has 0 aliphatic heterocycles. The highest BCUT2D eigenvalue weighted by molar-refractivity contribution is 6.20. The minimum atomic E-state index is 0.298. The summed E-state index contributed by atoms with van der Waals surface area (Å²) in [7, 11) is 0. The number of aromatic hydroxyl groups is 1. The summed E-state index contributed by atoms with van der Waals surface area (Å²) in [5, 5.41) is 15.0. The Morgan fingerprint density at radius 1 is 0.571 bits per heavy atom. The number of rotatable bonds is 1. The molecule has 0 radical (unpaired) electrons. The van der Waals surface area contributed by atoms with E-state index in [1.54, 1.807) is 12.1 Å². The van der Waals surface area contributed by atoms with Crippen LogP contribution in [-0.4, -0.2) is 5.11 Å². The molecule has 0 fully saturated rings. The number of hydrogen-bond acceptors (Lipinski definition) is 1. The molecule has 0 heterocycles. The highest BCUT2D eigenvalue weighted by Crippen LogP contribution is 2.48. The second-order valence-electron chi connectivity index (χ2n) is 7.51. The van der Waals surface area contributed by atoms with E-state index < -0.39 is 0 Å². The van der Waals surface area contributed by atoms with Crippen LogP contribution >= 0.6 is 0 Å². The fourth-order valence-corrected chi connectivity index (χ4v) is 4.80. The Kier molecular flexibility index (Phi) is 3.15. The molecule has 1 aliphatic carbocycles. The lowest BCUT2D eigenvalue weighted by molar-refractivity contribution is 0.475. The van der Waals surface area contributed by atoms with Gasteiger partial charge in [0.15, 0.2) is 0 Å². The van der Waals surface area contributed by atoms with E-state index in [1.807, 2.05) is 12.1 Å². The molecule has 1 nitrogen and oxygen atoms in total. The number of phenolic OH excluding ortho intramolecular Hbond substituents is 1. The largest absolute Gasteiger partial charge is 0.508 e. The first-order valence-corrected chi connectivity index (χ1v) is 9.65.